The fourth-order valence-corrected chi connectivity index (χ4v) is 1.41. The van der Waals surface area contributed by atoms with Gasteiger partial charge in [0.1, 0.15) is 11.6 Å². The summed E-state index contributed by atoms with van der Waals surface area (Å²) in [4.78, 5) is 34.3. The lowest BCUT2D eigenvalue weighted by atomic mass is 10.0. The summed E-state index contributed by atoms with van der Waals surface area (Å²) in [5.74, 6) is -1.45. The van der Waals surface area contributed by atoms with Gasteiger partial charge in [0.05, 0.1) is 0 Å². The Morgan fingerprint density at radius 1 is 1.16 bits per heavy atom. The third kappa shape index (κ3) is 6.08. The molecule has 1 unspecified atom stereocenters. The average Bonchev–Trinajstić information content (AvgIpc) is 2.11. The van der Waals surface area contributed by atoms with Crippen LogP contribution in [0.2, 0.25) is 0 Å². The number of ether oxygens (including phenoxy) is 1. The smallest absolute Gasteiger partial charge is 0.420 e. The summed E-state index contributed by atoms with van der Waals surface area (Å²) in [7, 11) is 0. The summed E-state index contributed by atoms with van der Waals surface area (Å²) < 4.78 is 4.92. The van der Waals surface area contributed by atoms with Crippen molar-refractivity contribution in [3.05, 3.63) is 0 Å². The van der Waals surface area contributed by atoms with Crippen LogP contribution >= 0.6 is 0 Å². The number of carbonyl (C=O) groups is 3. The highest BCUT2D eigenvalue weighted by atomic mass is 16.6. The predicted molar refractivity (Wildman–Crippen MR) is 67.0 cm³/mol. The summed E-state index contributed by atoms with van der Waals surface area (Å²) in [5, 5.41) is 18.1. The Labute approximate surface area is 112 Å². The molecule has 1 atom stereocenters. The molecule has 0 aromatic rings. The van der Waals surface area contributed by atoms with Gasteiger partial charge in [0.15, 0.2) is 0 Å². The van der Waals surface area contributed by atoms with Crippen molar-refractivity contribution in [1.29, 1.82) is 0 Å². The first-order valence-electron chi connectivity index (χ1n) is 5.93. The molecule has 7 nitrogen and oxygen atoms in total. The van der Waals surface area contributed by atoms with Crippen LogP contribution in [0.4, 0.5) is 9.59 Å². The number of nitrogens with zero attached hydrogens (tertiary/aromatic N) is 1. The molecule has 0 saturated carbocycles. The van der Waals surface area contributed by atoms with Gasteiger partial charge in [0.25, 0.3) is 0 Å². The highest BCUT2D eigenvalue weighted by Crippen LogP contribution is 2.17. The van der Waals surface area contributed by atoms with E-state index < -0.39 is 29.8 Å². The van der Waals surface area contributed by atoms with Gasteiger partial charge >= 0.3 is 18.2 Å². The second-order valence-electron chi connectivity index (χ2n) is 5.62. The minimum atomic E-state index is -1.64. The van der Waals surface area contributed by atoms with Gasteiger partial charge in [-0.15, -0.1) is 0 Å². The van der Waals surface area contributed by atoms with E-state index in [0.29, 0.717) is 0 Å². The van der Waals surface area contributed by atoms with E-state index in [1.807, 2.05) is 0 Å². The summed E-state index contributed by atoms with van der Waals surface area (Å²) in [6, 6.07) is -1.45. The number of carboxylic acid groups (broad SMARTS) is 2. The third-order valence-corrected chi connectivity index (χ3v) is 2.09. The number of aliphatic carboxylic acids is 1. The molecule has 0 aromatic heterocycles. The zero-order chi connectivity index (χ0) is 15.4. The number of carbonyl (C=O) groups excluding carboxylic acids is 1. The Balaban J connectivity index is 5.21. The number of hydrogen-bond acceptors (Lipinski definition) is 4. The molecule has 0 rings (SSSR count). The van der Waals surface area contributed by atoms with E-state index in [9.17, 15) is 14.4 Å². The fraction of sp³-hybridized carbons (Fsp3) is 0.750. The maximum absolute atomic E-state index is 11.8. The molecule has 2 amide bonds. The second kappa shape index (κ2) is 6.40. The van der Waals surface area contributed by atoms with E-state index >= 15 is 0 Å². The van der Waals surface area contributed by atoms with E-state index in [-0.39, 0.29) is 17.2 Å². The molecule has 19 heavy (non-hydrogen) atoms. The summed E-state index contributed by atoms with van der Waals surface area (Å²) in [6.07, 6.45) is -2.78. The first-order chi connectivity index (χ1) is 8.45. The van der Waals surface area contributed by atoms with Gasteiger partial charge in [-0.3, -0.25) is 0 Å². The number of imide groups is 1. The molecule has 0 aromatic carbocycles. The Hall–Kier alpha value is -1.79. The standard InChI is InChI=1S/C12H21NO6/c1-7(2)6-8(9(14)15)13(10(16)17)11(18)19-12(3,4)5/h7-8H,6H2,1-5H3,(H,14,15)(H,16,17). The van der Waals surface area contributed by atoms with Crippen LogP contribution in [-0.4, -0.2) is 44.9 Å². The Morgan fingerprint density at radius 3 is 1.89 bits per heavy atom. The van der Waals surface area contributed by atoms with Crippen molar-refractivity contribution in [2.24, 2.45) is 5.92 Å². The van der Waals surface area contributed by atoms with E-state index in [2.05, 4.69) is 0 Å². The summed E-state index contributed by atoms with van der Waals surface area (Å²) in [5.41, 5.74) is -0.897. The highest BCUT2D eigenvalue weighted by molar-refractivity contribution is 5.92. The van der Waals surface area contributed by atoms with Crippen LogP contribution < -0.4 is 0 Å². The number of amides is 2. The quantitative estimate of drug-likeness (QED) is 0.816. The molecule has 0 bridgehead atoms. The van der Waals surface area contributed by atoms with Gasteiger partial charge in [0, 0.05) is 0 Å². The number of carboxylic acids is 1. The molecule has 0 aliphatic carbocycles. The van der Waals surface area contributed by atoms with Crippen molar-refractivity contribution < 1.29 is 29.3 Å². The van der Waals surface area contributed by atoms with Crippen LogP contribution in [0.3, 0.4) is 0 Å². The monoisotopic (exact) mass is 275 g/mol. The molecule has 0 spiro atoms. The zero-order valence-corrected chi connectivity index (χ0v) is 11.8. The molecule has 0 heterocycles. The Bertz CT molecular complexity index is 358. The van der Waals surface area contributed by atoms with Gasteiger partial charge < -0.3 is 14.9 Å². The van der Waals surface area contributed by atoms with E-state index in [1.54, 1.807) is 34.6 Å². The lowest BCUT2D eigenvalue weighted by Gasteiger charge is -2.28. The number of rotatable bonds is 4. The first-order valence-corrected chi connectivity index (χ1v) is 5.93. The van der Waals surface area contributed by atoms with Gasteiger partial charge in [-0.05, 0) is 33.1 Å². The first kappa shape index (κ1) is 17.2. The Morgan fingerprint density at radius 2 is 1.63 bits per heavy atom. The molecular formula is C12H21NO6. The topological polar surface area (TPSA) is 104 Å². The summed E-state index contributed by atoms with van der Waals surface area (Å²) in [6.45, 7) is 8.20. The number of hydrogen-bond donors (Lipinski definition) is 2. The molecule has 2 N–H and O–H groups in total. The molecule has 0 fully saturated rings. The summed E-state index contributed by atoms with van der Waals surface area (Å²) >= 11 is 0. The van der Waals surface area contributed by atoms with E-state index in [0.717, 1.165) is 0 Å². The lowest BCUT2D eigenvalue weighted by molar-refractivity contribution is -0.143. The van der Waals surface area contributed by atoms with Crippen molar-refractivity contribution in [3.8, 4) is 0 Å². The molecule has 7 heteroatoms. The molecule has 0 aliphatic rings. The zero-order valence-electron chi connectivity index (χ0n) is 11.8. The molecule has 0 aliphatic heterocycles. The third-order valence-electron chi connectivity index (χ3n) is 2.09. The van der Waals surface area contributed by atoms with Gasteiger partial charge in [0.2, 0.25) is 0 Å². The van der Waals surface area contributed by atoms with Crippen LogP contribution in [0, 0.1) is 5.92 Å². The van der Waals surface area contributed by atoms with Crippen LogP contribution in [0.5, 0.6) is 0 Å². The van der Waals surface area contributed by atoms with Gasteiger partial charge in [-0.2, -0.15) is 4.90 Å². The average molecular weight is 275 g/mol. The van der Waals surface area contributed by atoms with Crippen molar-refractivity contribution in [1.82, 2.24) is 4.90 Å². The Kier molecular flexibility index (Phi) is 5.80. The van der Waals surface area contributed by atoms with Gasteiger partial charge in [-0.25, -0.2) is 14.4 Å². The van der Waals surface area contributed by atoms with Crippen LogP contribution in [-0.2, 0) is 9.53 Å². The van der Waals surface area contributed by atoms with Gasteiger partial charge in [-0.1, -0.05) is 13.8 Å². The SMILES string of the molecule is CC(C)CC(C(=O)O)N(C(=O)O)C(=O)OC(C)(C)C. The van der Waals surface area contributed by atoms with Crippen molar-refractivity contribution in [2.75, 3.05) is 0 Å². The van der Waals surface area contributed by atoms with Crippen LogP contribution in [0.15, 0.2) is 0 Å². The van der Waals surface area contributed by atoms with Crippen LogP contribution in [0.1, 0.15) is 41.0 Å². The molecule has 0 radical (unpaired) electrons. The van der Waals surface area contributed by atoms with Crippen LogP contribution in [0.25, 0.3) is 0 Å². The molecule has 0 saturated heterocycles. The lowest BCUT2D eigenvalue weighted by Crippen LogP contribution is -2.50. The predicted octanol–water partition coefficient (Wildman–Crippen LogP) is 2.40. The maximum atomic E-state index is 11.8. The molecule has 110 valence electrons. The normalized spacial score (nSPS) is 12.9. The largest absolute Gasteiger partial charge is 0.480 e. The maximum Gasteiger partial charge on any atom is 0.420 e. The second-order valence-corrected chi connectivity index (χ2v) is 5.62. The van der Waals surface area contributed by atoms with E-state index in [1.165, 1.54) is 0 Å². The van der Waals surface area contributed by atoms with Crippen molar-refractivity contribution >= 4 is 18.2 Å². The van der Waals surface area contributed by atoms with E-state index in [4.69, 9.17) is 14.9 Å². The highest BCUT2D eigenvalue weighted by Gasteiger charge is 2.38. The molecular weight excluding hydrogens is 254 g/mol. The van der Waals surface area contributed by atoms with Crippen molar-refractivity contribution in [3.63, 3.8) is 0 Å². The van der Waals surface area contributed by atoms with Crippen molar-refractivity contribution in [2.45, 2.75) is 52.7 Å². The minimum absolute atomic E-state index is 0.0286. The fourth-order valence-electron chi connectivity index (χ4n) is 1.41. The minimum Gasteiger partial charge on any atom is -0.480 e.